The van der Waals surface area contributed by atoms with Gasteiger partial charge in [-0.15, -0.1) is 0 Å². The molecule has 29 heavy (non-hydrogen) atoms. The molecule has 0 unspecified atom stereocenters. The van der Waals surface area contributed by atoms with Crippen molar-refractivity contribution in [3.05, 3.63) is 78.4 Å². The number of hydrogen-bond donors (Lipinski definition) is 3. The minimum Gasteiger partial charge on any atom is -0.352 e. The molecule has 150 valence electrons. The molecule has 10 heteroatoms. The van der Waals surface area contributed by atoms with Gasteiger partial charge in [0.25, 0.3) is 15.9 Å². The summed E-state index contributed by atoms with van der Waals surface area (Å²) in [6.07, 6.45) is 3.18. The van der Waals surface area contributed by atoms with E-state index in [-0.39, 0.29) is 22.7 Å². The van der Waals surface area contributed by atoms with E-state index in [4.69, 9.17) is 0 Å². The van der Waals surface area contributed by atoms with Gasteiger partial charge in [-0.25, -0.2) is 22.8 Å². The predicted octanol–water partition coefficient (Wildman–Crippen LogP) is 2.26. The molecular weight excluding hydrogens is 397 g/mol. The van der Waals surface area contributed by atoms with Crippen LogP contribution in [0.5, 0.6) is 0 Å². The van der Waals surface area contributed by atoms with Crippen molar-refractivity contribution in [2.75, 3.05) is 23.1 Å². The van der Waals surface area contributed by atoms with Crippen LogP contribution in [0.25, 0.3) is 0 Å². The summed E-state index contributed by atoms with van der Waals surface area (Å²) < 4.78 is 40.9. The standard InChI is InChI=1S/C19H18FN5O3S/c20-16-7-1-2-8-17(16)25-29(27,28)15-6-3-5-14(13-15)18(26)21-11-12-24-19-22-9-4-10-23-19/h1-10,13,25H,11-12H2,(H,21,26)(H,22,23,24). The normalized spacial score (nSPS) is 10.9. The molecule has 2 aromatic carbocycles. The number of para-hydroxylation sites is 1. The van der Waals surface area contributed by atoms with E-state index >= 15 is 0 Å². The van der Waals surface area contributed by atoms with Crippen molar-refractivity contribution in [1.82, 2.24) is 15.3 Å². The van der Waals surface area contributed by atoms with Crippen LogP contribution in [0.1, 0.15) is 10.4 Å². The molecular formula is C19H18FN5O3S. The molecule has 1 heterocycles. The molecule has 1 amide bonds. The number of carbonyl (C=O) groups is 1. The number of rotatable bonds is 8. The van der Waals surface area contributed by atoms with E-state index in [0.29, 0.717) is 12.5 Å². The van der Waals surface area contributed by atoms with Crippen molar-refractivity contribution >= 4 is 27.6 Å². The summed E-state index contributed by atoms with van der Waals surface area (Å²) in [6.45, 7) is 0.671. The Morgan fingerprint density at radius 1 is 0.966 bits per heavy atom. The van der Waals surface area contributed by atoms with Crippen LogP contribution >= 0.6 is 0 Å². The summed E-state index contributed by atoms with van der Waals surface area (Å²) in [4.78, 5) is 20.1. The average molecular weight is 415 g/mol. The highest BCUT2D eigenvalue weighted by atomic mass is 32.2. The highest BCUT2D eigenvalue weighted by Crippen LogP contribution is 2.19. The van der Waals surface area contributed by atoms with Crippen molar-refractivity contribution in [2.45, 2.75) is 4.90 Å². The van der Waals surface area contributed by atoms with Crippen LogP contribution in [-0.2, 0) is 10.0 Å². The fourth-order valence-electron chi connectivity index (χ4n) is 2.39. The summed E-state index contributed by atoms with van der Waals surface area (Å²) >= 11 is 0. The minimum atomic E-state index is -4.05. The Balaban J connectivity index is 1.62. The number of benzene rings is 2. The lowest BCUT2D eigenvalue weighted by atomic mass is 10.2. The van der Waals surface area contributed by atoms with E-state index in [1.54, 1.807) is 18.5 Å². The second-order valence-electron chi connectivity index (χ2n) is 5.87. The Hall–Kier alpha value is -3.53. The number of anilines is 2. The molecule has 0 aliphatic carbocycles. The van der Waals surface area contributed by atoms with Gasteiger partial charge in [-0.2, -0.15) is 0 Å². The first kappa shape index (κ1) is 20.2. The summed E-state index contributed by atoms with van der Waals surface area (Å²) in [5.41, 5.74) is -0.00562. The summed E-state index contributed by atoms with van der Waals surface area (Å²) in [5, 5.41) is 5.62. The summed E-state index contributed by atoms with van der Waals surface area (Å²) in [7, 11) is -4.05. The fourth-order valence-corrected chi connectivity index (χ4v) is 3.51. The SMILES string of the molecule is O=C(NCCNc1ncccn1)c1cccc(S(=O)(=O)Nc2ccccc2F)c1. The molecule has 0 radical (unpaired) electrons. The smallest absolute Gasteiger partial charge is 0.262 e. The van der Waals surface area contributed by atoms with Crippen LogP contribution in [-0.4, -0.2) is 37.4 Å². The first-order chi connectivity index (χ1) is 14.0. The first-order valence-electron chi connectivity index (χ1n) is 8.62. The Labute approximate surface area is 167 Å². The molecule has 3 N–H and O–H groups in total. The van der Waals surface area contributed by atoms with Crippen molar-refractivity contribution in [3.63, 3.8) is 0 Å². The zero-order chi connectivity index (χ0) is 20.7. The predicted molar refractivity (Wildman–Crippen MR) is 107 cm³/mol. The number of aromatic nitrogens is 2. The summed E-state index contributed by atoms with van der Waals surface area (Å²) in [5.74, 6) is -0.697. The topological polar surface area (TPSA) is 113 Å². The monoisotopic (exact) mass is 415 g/mol. The number of sulfonamides is 1. The molecule has 0 atom stereocenters. The second kappa shape index (κ2) is 9.11. The van der Waals surface area contributed by atoms with Gasteiger partial charge < -0.3 is 10.6 Å². The quantitative estimate of drug-likeness (QED) is 0.487. The third kappa shape index (κ3) is 5.48. The van der Waals surface area contributed by atoms with Crippen LogP contribution in [0, 0.1) is 5.82 Å². The molecule has 8 nitrogen and oxygen atoms in total. The van der Waals surface area contributed by atoms with Gasteiger partial charge in [-0.3, -0.25) is 9.52 Å². The van der Waals surface area contributed by atoms with Crippen molar-refractivity contribution in [1.29, 1.82) is 0 Å². The maximum Gasteiger partial charge on any atom is 0.262 e. The Morgan fingerprint density at radius 3 is 2.48 bits per heavy atom. The van der Waals surface area contributed by atoms with E-state index in [1.165, 1.54) is 42.5 Å². The Morgan fingerprint density at radius 2 is 1.72 bits per heavy atom. The van der Waals surface area contributed by atoms with Crippen molar-refractivity contribution in [3.8, 4) is 0 Å². The van der Waals surface area contributed by atoms with Crippen LogP contribution in [0.4, 0.5) is 16.0 Å². The van der Waals surface area contributed by atoms with E-state index in [1.807, 2.05) is 0 Å². The maximum absolute atomic E-state index is 13.7. The third-order valence-electron chi connectivity index (χ3n) is 3.78. The van der Waals surface area contributed by atoms with Gasteiger partial charge in [0.05, 0.1) is 10.6 Å². The van der Waals surface area contributed by atoms with Gasteiger partial charge in [0.15, 0.2) is 0 Å². The Bertz CT molecular complexity index is 1090. The molecule has 0 saturated heterocycles. The van der Waals surface area contributed by atoms with Gasteiger partial charge in [0.2, 0.25) is 5.95 Å². The van der Waals surface area contributed by atoms with Crippen molar-refractivity contribution < 1.29 is 17.6 Å². The molecule has 0 bridgehead atoms. The zero-order valence-corrected chi connectivity index (χ0v) is 16.0. The van der Waals surface area contributed by atoms with Crippen LogP contribution in [0.2, 0.25) is 0 Å². The maximum atomic E-state index is 13.7. The zero-order valence-electron chi connectivity index (χ0n) is 15.2. The lowest BCUT2D eigenvalue weighted by molar-refractivity contribution is 0.0955. The average Bonchev–Trinajstić information content (AvgIpc) is 2.73. The molecule has 0 aliphatic heterocycles. The van der Waals surface area contributed by atoms with Gasteiger partial charge in [0.1, 0.15) is 5.82 Å². The number of amides is 1. The van der Waals surface area contributed by atoms with Crippen LogP contribution in [0.3, 0.4) is 0 Å². The number of nitrogens with zero attached hydrogens (tertiary/aromatic N) is 2. The molecule has 0 spiro atoms. The first-order valence-corrected chi connectivity index (χ1v) is 10.1. The number of halogens is 1. The van der Waals surface area contributed by atoms with Crippen LogP contribution in [0.15, 0.2) is 71.9 Å². The molecule has 1 aromatic heterocycles. The van der Waals surface area contributed by atoms with E-state index in [0.717, 1.165) is 6.07 Å². The number of hydrogen-bond acceptors (Lipinski definition) is 6. The molecule has 0 saturated carbocycles. The Kier molecular flexibility index (Phi) is 6.35. The van der Waals surface area contributed by atoms with E-state index in [9.17, 15) is 17.6 Å². The number of carbonyl (C=O) groups excluding carboxylic acids is 1. The van der Waals surface area contributed by atoms with Gasteiger partial charge in [0, 0.05) is 31.0 Å². The fraction of sp³-hybridized carbons (Fsp3) is 0.105. The van der Waals surface area contributed by atoms with E-state index in [2.05, 4.69) is 25.3 Å². The lowest BCUT2D eigenvalue weighted by Gasteiger charge is -2.10. The highest BCUT2D eigenvalue weighted by molar-refractivity contribution is 7.92. The van der Waals surface area contributed by atoms with Crippen molar-refractivity contribution in [2.24, 2.45) is 0 Å². The minimum absolute atomic E-state index is 0.149. The second-order valence-corrected chi connectivity index (χ2v) is 7.55. The molecule has 3 aromatic rings. The molecule has 0 aliphatic rings. The molecule has 3 rings (SSSR count). The number of nitrogens with one attached hydrogen (secondary N) is 3. The van der Waals surface area contributed by atoms with Gasteiger partial charge in [-0.1, -0.05) is 18.2 Å². The highest BCUT2D eigenvalue weighted by Gasteiger charge is 2.18. The lowest BCUT2D eigenvalue weighted by Crippen LogP contribution is -2.29. The summed E-state index contributed by atoms with van der Waals surface area (Å²) in [6, 6.07) is 12.6. The molecule has 0 fully saturated rings. The third-order valence-corrected chi connectivity index (χ3v) is 5.15. The van der Waals surface area contributed by atoms with Gasteiger partial charge >= 0.3 is 0 Å². The van der Waals surface area contributed by atoms with E-state index < -0.39 is 21.7 Å². The van der Waals surface area contributed by atoms with Gasteiger partial charge in [-0.05, 0) is 36.4 Å². The van der Waals surface area contributed by atoms with Crippen LogP contribution < -0.4 is 15.4 Å². The largest absolute Gasteiger partial charge is 0.352 e.